The Balaban J connectivity index is 3.88. The van der Waals surface area contributed by atoms with Crippen molar-refractivity contribution < 1.29 is 32.9 Å². The fourth-order valence-electron chi connectivity index (χ4n) is 8.40. The average Bonchev–Trinajstić information content (AvgIpc) is 3.24. The molecule has 1 amide bonds. The predicted octanol–water partition coefficient (Wildman–Crippen LogP) is 16.3. The van der Waals surface area contributed by atoms with Gasteiger partial charge in [-0.15, -0.1) is 0 Å². The van der Waals surface area contributed by atoms with E-state index in [1.165, 1.54) is 218 Å². The van der Waals surface area contributed by atoms with Gasteiger partial charge in [0.1, 0.15) is 13.2 Å². The highest BCUT2D eigenvalue weighted by Crippen LogP contribution is 2.43. The maximum atomic E-state index is 12.9. The number of amides is 1. The third kappa shape index (κ3) is 49.0. The average molecular weight is 914 g/mol. The van der Waals surface area contributed by atoms with Crippen molar-refractivity contribution in [2.45, 2.75) is 289 Å². The van der Waals surface area contributed by atoms with E-state index >= 15 is 0 Å². The third-order valence-electron chi connectivity index (χ3n) is 12.8. The number of hydrogen-bond donors (Lipinski definition) is 3. The van der Waals surface area contributed by atoms with Gasteiger partial charge in [0.15, 0.2) is 0 Å². The van der Waals surface area contributed by atoms with Gasteiger partial charge in [0.2, 0.25) is 5.91 Å². The second kappa shape index (κ2) is 46.4. The van der Waals surface area contributed by atoms with Crippen LogP contribution < -0.4 is 5.32 Å². The van der Waals surface area contributed by atoms with Crippen LogP contribution in [0.4, 0.5) is 0 Å². The van der Waals surface area contributed by atoms with Crippen LogP contribution >= 0.6 is 7.82 Å². The van der Waals surface area contributed by atoms with Crippen LogP contribution in [0.3, 0.4) is 0 Å². The van der Waals surface area contributed by atoms with Gasteiger partial charge >= 0.3 is 7.82 Å². The topological polar surface area (TPSA) is 105 Å². The zero-order valence-corrected chi connectivity index (χ0v) is 43.7. The summed E-state index contributed by atoms with van der Waals surface area (Å²) in [6.07, 6.45) is 56.3. The number of rotatable bonds is 51. The highest BCUT2D eigenvalue weighted by atomic mass is 31.2. The van der Waals surface area contributed by atoms with E-state index in [4.69, 9.17) is 9.05 Å². The minimum Gasteiger partial charge on any atom is -0.387 e. The maximum absolute atomic E-state index is 12.9. The highest BCUT2D eigenvalue weighted by molar-refractivity contribution is 7.47. The molecule has 0 aliphatic carbocycles. The van der Waals surface area contributed by atoms with E-state index < -0.39 is 20.0 Å². The van der Waals surface area contributed by atoms with E-state index in [1.54, 1.807) is 6.08 Å². The second-order valence-electron chi connectivity index (χ2n) is 20.3. The van der Waals surface area contributed by atoms with E-state index in [2.05, 4.69) is 19.2 Å². The first-order valence-corrected chi connectivity index (χ1v) is 29.1. The molecule has 376 valence electrons. The molecule has 9 heteroatoms. The zero-order chi connectivity index (χ0) is 46.4. The SMILES string of the molecule is CCCCCCCCC/C=C/C(O)C(COP(=O)(O)OCC[N+](C)(C)C)NC(=O)CCCCCCCCCCCCCCCCCCCCCCCCCCCCCCCCCC. The fraction of sp³-hybridized carbons (Fsp3) is 0.944. The number of likely N-dealkylation sites (N-methyl/N-ethyl adjacent to an activating group) is 1. The number of unbranched alkanes of at least 4 members (excludes halogenated alkanes) is 38. The molecule has 0 fully saturated rings. The molecule has 3 N–H and O–H groups in total. The molecule has 0 heterocycles. The van der Waals surface area contributed by atoms with Gasteiger partial charge in [-0.05, 0) is 19.3 Å². The van der Waals surface area contributed by atoms with Crippen molar-refractivity contribution in [2.75, 3.05) is 40.9 Å². The van der Waals surface area contributed by atoms with Crippen molar-refractivity contribution in [1.29, 1.82) is 0 Å². The Morgan fingerprint density at radius 2 is 0.841 bits per heavy atom. The molecule has 63 heavy (non-hydrogen) atoms. The summed E-state index contributed by atoms with van der Waals surface area (Å²) in [5.41, 5.74) is 0. The number of allylic oxidation sites excluding steroid dienone is 1. The van der Waals surface area contributed by atoms with Crippen molar-refractivity contribution in [2.24, 2.45) is 0 Å². The zero-order valence-electron chi connectivity index (χ0n) is 42.8. The largest absolute Gasteiger partial charge is 0.472 e. The van der Waals surface area contributed by atoms with Crippen LogP contribution in [0.2, 0.25) is 0 Å². The molecule has 0 saturated carbocycles. The van der Waals surface area contributed by atoms with Gasteiger partial charge in [0, 0.05) is 6.42 Å². The van der Waals surface area contributed by atoms with Gasteiger partial charge in [-0.1, -0.05) is 264 Å². The first-order valence-electron chi connectivity index (χ1n) is 27.6. The van der Waals surface area contributed by atoms with Gasteiger partial charge < -0.3 is 19.8 Å². The summed E-state index contributed by atoms with van der Waals surface area (Å²) in [6.45, 7) is 4.81. The van der Waals surface area contributed by atoms with Crippen molar-refractivity contribution in [1.82, 2.24) is 5.32 Å². The number of carbonyl (C=O) groups is 1. The summed E-state index contributed by atoms with van der Waals surface area (Å²) in [5.74, 6) is -0.174. The van der Waals surface area contributed by atoms with Crippen LogP contribution in [-0.2, 0) is 18.4 Å². The van der Waals surface area contributed by atoms with Crippen LogP contribution in [0.15, 0.2) is 12.2 Å². The lowest BCUT2D eigenvalue weighted by Gasteiger charge is -2.25. The Morgan fingerprint density at radius 3 is 1.17 bits per heavy atom. The second-order valence-corrected chi connectivity index (χ2v) is 21.8. The number of nitrogens with one attached hydrogen (secondary N) is 1. The summed E-state index contributed by atoms with van der Waals surface area (Å²) in [4.78, 5) is 23.1. The summed E-state index contributed by atoms with van der Waals surface area (Å²) < 4.78 is 23.6. The minimum absolute atomic E-state index is 0.0644. The molecule has 0 aromatic rings. The number of hydrogen-bond acceptors (Lipinski definition) is 5. The van der Waals surface area contributed by atoms with Gasteiger partial charge in [-0.25, -0.2) is 4.57 Å². The number of phosphoric acid groups is 1. The Morgan fingerprint density at radius 1 is 0.524 bits per heavy atom. The number of nitrogens with zero attached hydrogens (tertiary/aromatic N) is 1. The number of quaternary nitrogens is 1. The van der Waals surface area contributed by atoms with Crippen LogP contribution in [0.25, 0.3) is 0 Å². The van der Waals surface area contributed by atoms with Gasteiger partial charge in [0.25, 0.3) is 0 Å². The Hall–Kier alpha value is -0.760. The summed E-state index contributed by atoms with van der Waals surface area (Å²) in [6, 6.07) is -0.839. The van der Waals surface area contributed by atoms with Crippen molar-refractivity contribution in [3.63, 3.8) is 0 Å². The van der Waals surface area contributed by atoms with Crippen molar-refractivity contribution >= 4 is 13.7 Å². The van der Waals surface area contributed by atoms with E-state index in [-0.39, 0.29) is 19.1 Å². The molecule has 8 nitrogen and oxygen atoms in total. The molecule has 0 bridgehead atoms. The number of aliphatic hydroxyl groups excluding tert-OH is 1. The molecule has 3 atom stereocenters. The molecule has 0 spiro atoms. The lowest BCUT2D eigenvalue weighted by molar-refractivity contribution is -0.870. The smallest absolute Gasteiger partial charge is 0.387 e. The maximum Gasteiger partial charge on any atom is 0.472 e. The molecular weight excluding hydrogens is 804 g/mol. The normalized spacial score (nSPS) is 14.1. The fourth-order valence-corrected chi connectivity index (χ4v) is 9.13. The lowest BCUT2D eigenvalue weighted by Crippen LogP contribution is -2.45. The molecule has 0 radical (unpaired) electrons. The van der Waals surface area contributed by atoms with E-state index in [1.807, 2.05) is 27.2 Å². The quantitative estimate of drug-likeness (QED) is 0.0243. The monoisotopic (exact) mass is 914 g/mol. The van der Waals surface area contributed by atoms with Gasteiger partial charge in [-0.2, -0.15) is 0 Å². The minimum atomic E-state index is -4.33. The Labute approximate surface area is 392 Å². The number of carbonyl (C=O) groups excluding carboxylic acids is 1. The van der Waals surface area contributed by atoms with Crippen LogP contribution in [0.1, 0.15) is 277 Å². The number of aliphatic hydroxyl groups is 1. The standard InChI is InChI=1S/C54H109N2O6P/c1-6-8-10-12-14-16-17-18-19-20-21-22-23-24-25-26-27-28-29-30-31-32-33-34-35-36-37-38-40-42-44-46-48-54(58)55-52(51-62-63(59,60)61-50-49-56(3,4)5)53(57)47-45-43-41-39-15-13-11-9-7-2/h45,47,52-53,57H,6-44,46,48-51H2,1-5H3,(H-,55,58,59,60)/p+1/b47-45+. The van der Waals surface area contributed by atoms with Crippen molar-refractivity contribution in [3.05, 3.63) is 12.2 Å². The highest BCUT2D eigenvalue weighted by Gasteiger charge is 2.27. The first-order chi connectivity index (χ1) is 30.5. The van der Waals surface area contributed by atoms with Gasteiger partial charge in [0.05, 0.1) is 39.9 Å². The van der Waals surface area contributed by atoms with Crippen LogP contribution in [-0.4, -0.2) is 73.4 Å². The van der Waals surface area contributed by atoms with E-state index in [0.29, 0.717) is 17.4 Å². The lowest BCUT2D eigenvalue weighted by atomic mass is 10.0. The third-order valence-corrected chi connectivity index (χ3v) is 13.7. The molecule has 0 aromatic carbocycles. The molecule has 0 aromatic heterocycles. The predicted molar refractivity (Wildman–Crippen MR) is 272 cm³/mol. The van der Waals surface area contributed by atoms with Gasteiger partial charge in [-0.3, -0.25) is 13.8 Å². The van der Waals surface area contributed by atoms with Crippen LogP contribution in [0, 0.1) is 0 Å². The first kappa shape index (κ1) is 62.2. The van der Waals surface area contributed by atoms with E-state index in [9.17, 15) is 19.4 Å². The molecule has 0 saturated heterocycles. The summed E-state index contributed by atoms with van der Waals surface area (Å²) >= 11 is 0. The molecule has 0 aliphatic rings. The molecule has 3 unspecified atom stereocenters. The Bertz CT molecular complexity index is 1040. The number of phosphoric ester groups is 1. The summed E-state index contributed by atoms with van der Waals surface area (Å²) in [7, 11) is 1.58. The molecular formula is C54H110N2O6P+. The van der Waals surface area contributed by atoms with E-state index in [0.717, 1.165) is 38.5 Å². The molecule has 0 aliphatic heterocycles. The van der Waals surface area contributed by atoms with Crippen molar-refractivity contribution in [3.8, 4) is 0 Å². The molecule has 0 rings (SSSR count). The Kier molecular flexibility index (Phi) is 45.8. The van der Waals surface area contributed by atoms with Crippen LogP contribution in [0.5, 0.6) is 0 Å². The summed E-state index contributed by atoms with van der Waals surface area (Å²) in [5, 5.41) is 13.8.